The van der Waals surface area contributed by atoms with Gasteiger partial charge in [-0.25, -0.2) is 8.42 Å². The lowest BCUT2D eigenvalue weighted by Crippen LogP contribution is -2.45. The van der Waals surface area contributed by atoms with Crippen molar-refractivity contribution in [2.45, 2.75) is 25.3 Å². The van der Waals surface area contributed by atoms with Gasteiger partial charge >= 0.3 is 0 Å². The third-order valence-corrected chi connectivity index (χ3v) is 6.61. The maximum Gasteiger partial charge on any atom is 0.251 e. The van der Waals surface area contributed by atoms with Crippen LogP contribution in [-0.2, 0) is 14.8 Å². The summed E-state index contributed by atoms with van der Waals surface area (Å²) in [6.07, 6.45) is 3.23. The second kappa shape index (κ2) is 10.9. The third-order valence-electron chi connectivity index (χ3n) is 5.04. The lowest BCUT2D eigenvalue weighted by molar-refractivity contribution is -0.124. The van der Waals surface area contributed by atoms with Crippen molar-refractivity contribution in [1.82, 2.24) is 14.9 Å². The average molecular weight is 442 g/mol. The van der Waals surface area contributed by atoms with Crippen molar-refractivity contribution >= 4 is 27.9 Å². The standard InChI is InChI=1S/C23H27N3O4S/c27-22(20-11-5-2-6-12-20)24-15-8-16-25-23(28)21-13-7-17-26(21)31(29,30)18-14-19-9-3-1-4-10-19/h1-6,9-12,14,18,21H,7-8,13,15-17H2,(H,24,27)(H,25,28)/t21-/m0/s1. The predicted molar refractivity (Wildman–Crippen MR) is 121 cm³/mol. The lowest BCUT2D eigenvalue weighted by Gasteiger charge is -2.21. The van der Waals surface area contributed by atoms with Crippen LogP contribution in [0, 0.1) is 0 Å². The average Bonchev–Trinajstić information content (AvgIpc) is 3.30. The molecular weight excluding hydrogens is 414 g/mol. The fourth-order valence-electron chi connectivity index (χ4n) is 3.42. The van der Waals surface area contributed by atoms with E-state index in [1.54, 1.807) is 24.3 Å². The number of carbonyl (C=O) groups is 2. The number of nitrogens with one attached hydrogen (secondary N) is 2. The van der Waals surface area contributed by atoms with Crippen LogP contribution in [0.4, 0.5) is 0 Å². The maximum atomic E-state index is 12.7. The lowest BCUT2D eigenvalue weighted by atomic mass is 10.2. The highest BCUT2D eigenvalue weighted by Crippen LogP contribution is 2.22. The first-order valence-electron chi connectivity index (χ1n) is 10.3. The Hall–Kier alpha value is -2.97. The molecule has 0 bridgehead atoms. The zero-order valence-electron chi connectivity index (χ0n) is 17.2. The van der Waals surface area contributed by atoms with Gasteiger partial charge in [0.1, 0.15) is 6.04 Å². The predicted octanol–water partition coefficient (Wildman–Crippen LogP) is 2.39. The molecular formula is C23H27N3O4S. The van der Waals surface area contributed by atoms with Gasteiger partial charge in [-0.05, 0) is 43.0 Å². The fourth-order valence-corrected chi connectivity index (χ4v) is 4.85. The van der Waals surface area contributed by atoms with E-state index in [9.17, 15) is 18.0 Å². The topological polar surface area (TPSA) is 95.6 Å². The minimum Gasteiger partial charge on any atom is -0.355 e. The van der Waals surface area contributed by atoms with E-state index in [4.69, 9.17) is 0 Å². The van der Waals surface area contributed by atoms with Crippen molar-refractivity contribution in [2.24, 2.45) is 0 Å². The molecule has 0 saturated carbocycles. The molecule has 1 aliphatic heterocycles. The molecule has 3 rings (SSSR count). The minimum absolute atomic E-state index is 0.162. The van der Waals surface area contributed by atoms with E-state index in [0.717, 1.165) is 11.0 Å². The first-order chi connectivity index (χ1) is 15.0. The highest BCUT2D eigenvalue weighted by Gasteiger charge is 2.37. The number of carbonyl (C=O) groups excluding carboxylic acids is 2. The number of hydrogen-bond acceptors (Lipinski definition) is 4. The van der Waals surface area contributed by atoms with E-state index in [1.807, 2.05) is 36.4 Å². The number of hydrogen-bond donors (Lipinski definition) is 2. The van der Waals surface area contributed by atoms with E-state index in [2.05, 4.69) is 10.6 Å². The molecule has 1 fully saturated rings. The van der Waals surface area contributed by atoms with Crippen LogP contribution in [0.2, 0.25) is 0 Å². The van der Waals surface area contributed by atoms with Gasteiger partial charge < -0.3 is 10.6 Å². The van der Waals surface area contributed by atoms with Crippen molar-refractivity contribution in [3.63, 3.8) is 0 Å². The van der Waals surface area contributed by atoms with Gasteiger partial charge in [-0.1, -0.05) is 48.5 Å². The van der Waals surface area contributed by atoms with Crippen LogP contribution < -0.4 is 10.6 Å². The first kappa shape index (κ1) is 22.7. The summed E-state index contributed by atoms with van der Waals surface area (Å²) in [5.74, 6) is -0.464. The molecule has 31 heavy (non-hydrogen) atoms. The Kier molecular flexibility index (Phi) is 7.97. The quantitative estimate of drug-likeness (QED) is 0.584. The van der Waals surface area contributed by atoms with Crippen LogP contribution in [0.25, 0.3) is 6.08 Å². The molecule has 0 aliphatic carbocycles. The highest BCUT2D eigenvalue weighted by molar-refractivity contribution is 7.92. The first-order valence-corrected chi connectivity index (χ1v) is 11.8. The second-order valence-corrected chi connectivity index (χ2v) is 9.06. The fraction of sp³-hybridized carbons (Fsp3) is 0.304. The summed E-state index contributed by atoms with van der Waals surface area (Å²) in [5, 5.41) is 6.76. The van der Waals surface area contributed by atoms with Gasteiger partial charge in [0.05, 0.1) is 0 Å². The molecule has 0 spiro atoms. The molecule has 1 heterocycles. The monoisotopic (exact) mass is 441 g/mol. The number of benzene rings is 2. The third kappa shape index (κ3) is 6.50. The van der Waals surface area contributed by atoms with Crippen LogP contribution in [-0.4, -0.2) is 50.2 Å². The summed E-state index contributed by atoms with van der Waals surface area (Å²) in [4.78, 5) is 24.6. The Balaban J connectivity index is 1.46. The summed E-state index contributed by atoms with van der Waals surface area (Å²) >= 11 is 0. The van der Waals surface area contributed by atoms with Crippen LogP contribution >= 0.6 is 0 Å². The van der Waals surface area contributed by atoms with Gasteiger partial charge in [-0.2, -0.15) is 4.31 Å². The molecule has 2 aromatic rings. The summed E-state index contributed by atoms with van der Waals surface area (Å²) in [5.41, 5.74) is 1.37. The number of amides is 2. The van der Waals surface area contributed by atoms with Gasteiger partial charge in [-0.3, -0.25) is 9.59 Å². The Labute approximate surface area is 183 Å². The summed E-state index contributed by atoms with van der Waals surface area (Å²) in [7, 11) is -3.69. The van der Waals surface area contributed by atoms with E-state index in [-0.39, 0.29) is 11.8 Å². The summed E-state index contributed by atoms with van der Waals surface area (Å²) in [6, 6.07) is 17.4. The molecule has 7 nitrogen and oxygen atoms in total. The normalized spacial score (nSPS) is 17.0. The van der Waals surface area contributed by atoms with Crippen molar-refractivity contribution < 1.29 is 18.0 Å². The molecule has 1 atom stereocenters. The van der Waals surface area contributed by atoms with Gasteiger partial charge in [0, 0.05) is 30.6 Å². The second-order valence-electron chi connectivity index (χ2n) is 7.29. The number of rotatable bonds is 9. The summed E-state index contributed by atoms with van der Waals surface area (Å²) < 4.78 is 26.7. The Bertz CT molecular complexity index is 1010. The smallest absolute Gasteiger partial charge is 0.251 e. The van der Waals surface area contributed by atoms with Crippen LogP contribution in [0.15, 0.2) is 66.1 Å². The maximum absolute atomic E-state index is 12.7. The molecule has 1 saturated heterocycles. The molecule has 2 N–H and O–H groups in total. The summed E-state index contributed by atoms with van der Waals surface area (Å²) in [6.45, 7) is 1.10. The van der Waals surface area contributed by atoms with Crippen molar-refractivity contribution in [2.75, 3.05) is 19.6 Å². The molecule has 0 radical (unpaired) electrons. The van der Waals surface area contributed by atoms with E-state index in [0.29, 0.717) is 44.5 Å². The molecule has 164 valence electrons. The zero-order chi connectivity index (χ0) is 22.1. The molecule has 2 amide bonds. The Morgan fingerprint density at radius 3 is 2.32 bits per heavy atom. The number of nitrogens with zero attached hydrogens (tertiary/aromatic N) is 1. The van der Waals surface area contributed by atoms with Gasteiger partial charge in [0.2, 0.25) is 15.9 Å². The van der Waals surface area contributed by atoms with Gasteiger partial charge in [0.25, 0.3) is 5.91 Å². The highest BCUT2D eigenvalue weighted by atomic mass is 32.2. The largest absolute Gasteiger partial charge is 0.355 e. The molecule has 1 aliphatic rings. The van der Waals surface area contributed by atoms with Crippen LogP contribution in [0.5, 0.6) is 0 Å². The number of sulfonamides is 1. The SMILES string of the molecule is O=C(NCCCNC(=O)[C@@H]1CCCN1S(=O)(=O)C=Cc1ccccc1)c1ccccc1. The van der Waals surface area contributed by atoms with Crippen LogP contribution in [0.3, 0.4) is 0 Å². The van der Waals surface area contributed by atoms with Gasteiger partial charge in [-0.15, -0.1) is 0 Å². The van der Waals surface area contributed by atoms with E-state index < -0.39 is 16.1 Å². The van der Waals surface area contributed by atoms with Crippen molar-refractivity contribution in [3.05, 3.63) is 77.2 Å². The van der Waals surface area contributed by atoms with Gasteiger partial charge in [0.15, 0.2) is 0 Å². The van der Waals surface area contributed by atoms with E-state index >= 15 is 0 Å². The minimum atomic E-state index is -3.69. The molecule has 2 aromatic carbocycles. The molecule has 0 aromatic heterocycles. The van der Waals surface area contributed by atoms with Crippen molar-refractivity contribution in [1.29, 1.82) is 0 Å². The Morgan fingerprint density at radius 1 is 0.968 bits per heavy atom. The van der Waals surface area contributed by atoms with Crippen molar-refractivity contribution in [3.8, 4) is 0 Å². The molecule has 0 unspecified atom stereocenters. The van der Waals surface area contributed by atoms with E-state index in [1.165, 1.54) is 10.4 Å². The zero-order valence-corrected chi connectivity index (χ0v) is 18.1. The molecule has 8 heteroatoms. The Morgan fingerprint density at radius 2 is 1.61 bits per heavy atom. The van der Waals surface area contributed by atoms with Crippen LogP contribution in [0.1, 0.15) is 35.2 Å².